The molecule has 2 aromatic carbocycles. The summed E-state index contributed by atoms with van der Waals surface area (Å²) in [4.78, 5) is 18.2. The first kappa shape index (κ1) is 24.3. The van der Waals surface area contributed by atoms with Crippen LogP contribution in [-0.2, 0) is 0 Å². The first-order valence-corrected chi connectivity index (χ1v) is 11.9. The molecule has 0 radical (unpaired) electrons. The molecule has 0 fully saturated rings. The maximum atomic E-state index is 13.7. The highest BCUT2D eigenvalue weighted by Gasteiger charge is 2.22. The Morgan fingerprint density at radius 2 is 1.54 bits per heavy atom. The van der Waals surface area contributed by atoms with Crippen LogP contribution in [0.3, 0.4) is 0 Å². The maximum Gasteiger partial charge on any atom is 0.251 e. The quantitative estimate of drug-likeness (QED) is 0.330. The lowest BCUT2D eigenvalue weighted by molar-refractivity contribution is 0.0945. The number of rotatable bonds is 7. The van der Waals surface area contributed by atoms with Crippen molar-refractivity contribution in [3.63, 3.8) is 0 Å². The number of amides is 1. The Bertz CT molecular complexity index is 1360. The zero-order valence-corrected chi connectivity index (χ0v) is 19.6. The Morgan fingerprint density at radius 3 is 2.20 bits per heavy atom. The van der Waals surface area contributed by atoms with Crippen molar-refractivity contribution < 1.29 is 19.4 Å². The van der Waals surface area contributed by atoms with E-state index in [4.69, 9.17) is 5.11 Å². The summed E-state index contributed by atoms with van der Waals surface area (Å²) in [6.45, 7) is 0.0202. The number of carbonyl (C=O) groups excluding carboxylic acids is 1. The Hall–Kier alpha value is -3.83. The summed E-state index contributed by atoms with van der Waals surface area (Å²) in [7, 11) is 0. The van der Waals surface area contributed by atoms with Crippen molar-refractivity contribution in [2.75, 3.05) is 19.8 Å². The molecule has 0 saturated carbocycles. The topological polar surface area (TPSA) is 82.5 Å². The summed E-state index contributed by atoms with van der Waals surface area (Å²) in [5.41, 5.74) is 4.98. The van der Waals surface area contributed by atoms with Gasteiger partial charge in [-0.2, -0.15) is 0 Å². The second-order valence-corrected chi connectivity index (χ2v) is 8.61. The Morgan fingerprint density at radius 1 is 0.886 bits per heavy atom. The molecule has 0 saturated heterocycles. The number of nitrogens with zero attached hydrogens (tertiary/aromatic N) is 1. The summed E-state index contributed by atoms with van der Waals surface area (Å²) in [6, 6.07) is 17.4. The average Bonchev–Trinajstić information content (AvgIpc) is 3.28. The van der Waals surface area contributed by atoms with E-state index in [1.807, 2.05) is 24.3 Å². The highest BCUT2D eigenvalue weighted by molar-refractivity contribution is 7.17. The smallest absolute Gasteiger partial charge is 0.251 e. The minimum Gasteiger partial charge on any atom is -0.395 e. The van der Waals surface area contributed by atoms with Crippen molar-refractivity contribution in [1.29, 1.82) is 0 Å². The molecule has 0 spiro atoms. The normalized spacial score (nSPS) is 10.5. The van der Waals surface area contributed by atoms with Crippen molar-refractivity contribution in [2.45, 2.75) is 6.42 Å². The number of aliphatic hydroxyl groups excluding tert-OH is 2. The first-order chi connectivity index (χ1) is 17.1. The zero-order valence-electron chi connectivity index (χ0n) is 18.8. The number of halogens is 1. The van der Waals surface area contributed by atoms with Crippen LogP contribution in [-0.4, -0.2) is 40.9 Å². The van der Waals surface area contributed by atoms with Crippen LogP contribution in [0.1, 0.15) is 21.7 Å². The number of aliphatic hydroxyl groups is 2. The van der Waals surface area contributed by atoms with E-state index >= 15 is 0 Å². The average molecular weight is 487 g/mol. The highest BCUT2D eigenvalue weighted by Crippen LogP contribution is 2.47. The van der Waals surface area contributed by atoms with Gasteiger partial charge in [0.15, 0.2) is 0 Å². The first-order valence-electron chi connectivity index (χ1n) is 11.0. The largest absolute Gasteiger partial charge is 0.395 e. The lowest BCUT2D eigenvalue weighted by Gasteiger charge is -2.10. The molecule has 0 unspecified atom stereocenters. The minimum atomic E-state index is -0.311. The molecule has 176 valence electrons. The van der Waals surface area contributed by atoms with E-state index in [0.717, 1.165) is 37.6 Å². The second-order valence-electron chi connectivity index (χ2n) is 7.59. The maximum absolute atomic E-state index is 13.7. The van der Waals surface area contributed by atoms with Crippen LogP contribution >= 0.6 is 11.3 Å². The van der Waals surface area contributed by atoms with Gasteiger partial charge in [0, 0.05) is 46.9 Å². The second kappa shape index (κ2) is 11.5. The summed E-state index contributed by atoms with van der Waals surface area (Å²) < 4.78 is 13.7. The van der Waals surface area contributed by atoms with Crippen molar-refractivity contribution >= 4 is 17.2 Å². The third kappa shape index (κ3) is 5.64. The van der Waals surface area contributed by atoms with Crippen LogP contribution < -0.4 is 5.32 Å². The molecule has 7 heteroatoms. The molecule has 3 N–H and O–H groups in total. The number of thiophene rings is 1. The summed E-state index contributed by atoms with van der Waals surface area (Å²) in [6.07, 6.45) is 3.78. The van der Waals surface area contributed by atoms with Crippen molar-refractivity contribution in [3.05, 3.63) is 89.3 Å². The standard InChI is InChI=1S/C28H23FN2O3S/c29-23-10-8-21(9-11-23)27-26(20-12-14-30-15-13-20)25(24(35-27)3-1-2-17-32)19-4-6-22(7-5-19)28(34)31-16-18-33/h4-15,32-33H,2,16-18H2,(H,31,34). The monoisotopic (exact) mass is 486 g/mol. The molecular weight excluding hydrogens is 463 g/mol. The molecule has 35 heavy (non-hydrogen) atoms. The number of hydrogen-bond donors (Lipinski definition) is 3. The predicted molar refractivity (Wildman–Crippen MR) is 136 cm³/mol. The molecule has 5 nitrogen and oxygen atoms in total. The van der Waals surface area contributed by atoms with Gasteiger partial charge in [0.1, 0.15) is 5.82 Å². The van der Waals surface area contributed by atoms with Gasteiger partial charge in [-0.3, -0.25) is 9.78 Å². The summed E-state index contributed by atoms with van der Waals surface area (Å²) in [5.74, 6) is 5.64. The van der Waals surface area contributed by atoms with Crippen LogP contribution in [0.25, 0.3) is 32.7 Å². The molecule has 0 aliphatic heterocycles. The fraction of sp³-hybridized carbons (Fsp3) is 0.143. The van der Waals surface area contributed by atoms with Crippen LogP contribution in [0.15, 0.2) is 73.1 Å². The Labute approximate surface area is 206 Å². The van der Waals surface area contributed by atoms with Gasteiger partial charge < -0.3 is 15.5 Å². The molecule has 2 aromatic heterocycles. The van der Waals surface area contributed by atoms with E-state index in [1.54, 1.807) is 36.7 Å². The third-order valence-corrected chi connectivity index (χ3v) is 6.41. The number of carbonyl (C=O) groups is 1. The predicted octanol–water partition coefficient (Wildman–Crippen LogP) is 4.74. The van der Waals surface area contributed by atoms with Gasteiger partial charge in [-0.25, -0.2) is 4.39 Å². The molecule has 1 amide bonds. The van der Waals surface area contributed by atoms with E-state index in [1.165, 1.54) is 23.5 Å². The van der Waals surface area contributed by atoms with Gasteiger partial charge in [-0.15, -0.1) is 11.3 Å². The lowest BCUT2D eigenvalue weighted by Crippen LogP contribution is -2.26. The molecule has 0 aliphatic rings. The van der Waals surface area contributed by atoms with E-state index in [9.17, 15) is 14.3 Å². The molecular formula is C28H23FN2O3S. The van der Waals surface area contributed by atoms with Crippen LogP contribution in [0.5, 0.6) is 0 Å². The molecule has 2 heterocycles. The Kier molecular flexibility index (Phi) is 8.01. The fourth-order valence-corrected chi connectivity index (χ4v) is 4.88. The number of hydrogen-bond acceptors (Lipinski definition) is 5. The molecule has 4 rings (SSSR count). The van der Waals surface area contributed by atoms with E-state index in [2.05, 4.69) is 22.1 Å². The lowest BCUT2D eigenvalue weighted by atomic mass is 9.93. The fourth-order valence-electron chi connectivity index (χ4n) is 3.65. The number of nitrogens with one attached hydrogen (secondary N) is 1. The molecule has 0 aliphatic carbocycles. The van der Waals surface area contributed by atoms with Crippen molar-refractivity contribution in [1.82, 2.24) is 10.3 Å². The number of benzene rings is 2. The van der Waals surface area contributed by atoms with Crippen LogP contribution in [0.2, 0.25) is 0 Å². The highest BCUT2D eigenvalue weighted by atomic mass is 32.1. The Balaban J connectivity index is 1.91. The van der Waals surface area contributed by atoms with Crippen LogP contribution in [0, 0.1) is 17.7 Å². The van der Waals surface area contributed by atoms with E-state index in [0.29, 0.717) is 12.0 Å². The number of pyridine rings is 1. The van der Waals surface area contributed by atoms with E-state index < -0.39 is 0 Å². The van der Waals surface area contributed by atoms with Gasteiger partial charge in [-0.1, -0.05) is 36.1 Å². The molecule has 4 aromatic rings. The van der Waals surface area contributed by atoms with E-state index in [-0.39, 0.29) is 31.5 Å². The zero-order chi connectivity index (χ0) is 24.6. The van der Waals surface area contributed by atoms with Gasteiger partial charge in [-0.05, 0) is 53.1 Å². The van der Waals surface area contributed by atoms with Gasteiger partial charge in [0.25, 0.3) is 5.91 Å². The molecule has 0 bridgehead atoms. The minimum absolute atomic E-state index is 0.0343. The SMILES string of the molecule is O=C(NCCO)c1ccc(-c2c(C#CCCO)sc(-c3ccc(F)cc3)c2-c2ccncc2)cc1. The van der Waals surface area contributed by atoms with Gasteiger partial charge in [0.2, 0.25) is 0 Å². The van der Waals surface area contributed by atoms with Crippen molar-refractivity contribution in [3.8, 4) is 44.5 Å². The van der Waals surface area contributed by atoms with Gasteiger partial charge >= 0.3 is 0 Å². The van der Waals surface area contributed by atoms with Crippen molar-refractivity contribution in [2.24, 2.45) is 0 Å². The summed E-state index contributed by atoms with van der Waals surface area (Å²) >= 11 is 1.50. The van der Waals surface area contributed by atoms with Gasteiger partial charge in [0.05, 0.1) is 18.1 Å². The number of aromatic nitrogens is 1. The van der Waals surface area contributed by atoms with Crippen LogP contribution in [0.4, 0.5) is 4.39 Å². The molecule has 0 atom stereocenters. The third-order valence-electron chi connectivity index (χ3n) is 5.26. The summed E-state index contributed by atoms with van der Waals surface area (Å²) in [5, 5.41) is 20.8.